The Morgan fingerprint density at radius 3 is 2.64 bits per heavy atom. The van der Waals surface area contributed by atoms with Crippen molar-refractivity contribution in [3.05, 3.63) is 63.6 Å². The molecule has 1 aliphatic rings. The van der Waals surface area contributed by atoms with Crippen molar-refractivity contribution in [2.75, 3.05) is 7.11 Å². The van der Waals surface area contributed by atoms with Crippen molar-refractivity contribution in [1.82, 2.24) is 5.01 Å². The fraction of sp³-hybridized carbons (Fsp3) is 0.263. The number of rotatable bonds is 4. The minimum atomic E-state index is -0.659. The second kappa shape index (κ2) is 7.35. The third-order valence-electron chi connectivity index (χ3n) is 4.20. The molecule has 128 valence electrons. The lowest BCUT2D eigenvalue weighted by Gasteiger charge is -2.29. The Labute approximate surface area is 157 Å². The highest BCUT2D eigenvalue weighted by atomic mass is 35.5. The van der Waals surface area contributed by atoms with Crippen LogP contribution in [0.5, 0.6) is 5.75 Å². The molecule has 2 aromatic rings. The number of benzene rings is 2. The second-order valence-electron chi connectivity index (χ2n) is 5.89. The summed E-state index contributed by atoms with van der Waals surface area (Å²) in [5.74, 6) is 0.448. The molecule has 0 aliphatic carbocycles. The Hall–Kier alpha value is -2.22. The molecule has 25 heavy (non-hydrogen) atoms. The van der Waals surface area contributed by atoms with Crippen molar-refractivity contribution < 1.29 is 4.74 Å². The molecule has 0 saturated carbocycles. The van der Waals surface area contributed by atoms with Crippen LogP contribution in [0.2, 0.25) is 10.0 Å². The zero-order valence-electron chi connectivity index (χ0n) is 13.9. The third kappa shape index (κ3) is 3.44. The van der Waals surface area contributed by atoms with Crippen LogP contribution >= 0.6 is 23.2 Å². The summed E-state index contributed by atoms with van der Waals surface area (Å²) in [6.07, 6.45) is 0.763. The van der Waals surface area contributed by atoms with Crippen LogP contribution < -0.4 is 4.74 Å². The molecular weight excluding hydrogens is 357 g/mol. The van der Waals surface area contributed by atoms with Crippen LogP contribution in [-0.4, -0.2) is 17.8 Å². The van der Waals surface area contributed by atoms with Gasteiger partial charge in [-0.1, -0.05) is 53.5 Å². The van der Waals surface area contributed by atoms with E-state index in [9.17, 15) is 5.26 Å². The zero-order chi connectivity index (χ0) is 18.0. The van der Waals surface area contributed by atoms with Gasteiger partial charge in [-0.05, 0) is 24.6 Å². The molecule has 4 nitrogen and oxygen atoms in total. The van der Waals surface area contributed by atoms with Crippen LogP contribution in [0.25, 0.3) is 0 Å². The average molecular weight is 374 g/mol. The van der Waals surface area contributed by atoms with Crippen molar-refractivity contribution >= 4 is 28.9 Å². The first-order valence-corrected chi connectivity index (χ1v) is 8.60. The lowest BCUT2D eigenvalue weighted by Crippen LogP contribution is -2.24. The molecule has 0 bridgehead atoms. The second-order valence-corrected chi connectivity index (χ2v) is 6.73. The number of nitriles is 1. The van der Waals surface area contributed by atoms with E-state index in [0.717, 1.165) is 17.7 Å². The van der Waals surface area contributed by atoms with Gasteiger partial charge < -0.3 is 4.74 Å². The number of hydrogen-bond donors (Lipinski definition) is 0. The Balaban J connectivity index is 2.07. The van der Waals surface area contributed by atoms with Gasteiger partial charge in [-0.2, -0.15) is 10.4 Å². The number of halogens is 2. The lowest BCUT2D eigenvalue weighted by atomic mass is 9.99. The molecular formula is C19H17Cl2N3O. The van der Waals surface area contributed by atoms with E-state index in [-0.39, 0.29) is 6.04 Å². The highest BCUT2D eigenvalue weighted by molar-refractivity contribution is 6.35. The minimum absolute atomic E-state index is 0.0201. The first kappa shape index (κ1) is 17.6. The number of nitrogens with zero attached hydrogens (tertiary/aromatic N) is 3. The molecule has 0 N–H and O–H groups in total. The van der Waals surface area contributed by atoms with Crippen LogP contribution in [0.15, 0.2) is 47.6 Å². The molecule has 0 saturated heterocycles. The standard InChI is InChI=1S/C19H17Cl2N3O/c1-12-8-17(13-6-4-3-5-7-13)24(23-12)18(11-22)15-9-14(20)10-16(21)19(15)25-2/h3-7,9-10,17-18H,8H2,1-2H3/t17-,18-/m0/s1. The molecule has 0 aromatic heterocycles. The smallest absolute Gasteiger partial charge is 0.163 e. The lowest BCUT2D eigenvalue weighted by molar-refractivity contribution is 0.193. The van der Waals surface area contributed by atoms with E-state index >= 15 is 0 Å². The quantitative estimate of drug-likeness (QED) is 0.721. The van der Waals surface area contributed by atoms with Crippen molar-refractivity contribution in [3.63, 3.8) is 0 Å². The van der Waals surface area contributed by atoms with Gasteiger partial charge in [-0.25, -0.2) is 0 Å². The molecule has 3 rings (SSSR count). The van der Waals surface area contributed by atoms with E-state index < -0.39 is 6.04 Å². The van der Waals surface area contributed by atoms with Gasteiger partial charge >= 0.3 is 0 Å². The number of hydrogen-bond acceptors (Lipinski definition) is 4. The fourth-order valence-corrected chi connectivity index (χ4v) is 3.72. The maximum absolute atomic E-state index is 9.89. The van der Waals surface area contributed by atoms with Crippen molar-refractivity contribution in [2.24, 2.45) is 5.10 Å². The Morgan fingerprint density at radius 1 is 1.28 bits per heavy atom. The van der Waals surface area contributed by atoms with Crippen LogP contribution in [0.1, 0.15) is 36.6 Å². The molecule has 0 fully saturated rings. The summed E-state index contributed by atoms with van der Waals surface area (Å²) in [5.41, 5.74) is 2.69. The average Bonchev–Trinajstić information content (AvgIpc) is 2.98. The summed E-state index contributed by atoms with van der Waals surface area (Å²) in [6.45, 7) is 1.96. The number of methoxy groups -OCH3 is 1. The van der Waals surface area contributed by atoms with Gasteiger partial charge in [0.25, 0.3) is 0 Å². The van der Waals surface area contributed by atoms with Crippen LogP contribution in [-0.2, 0) is 0 Å². The van der Waals surface area contributed by atoms with E-state index in [1.54, 1.807) is 12.1 Å². The van der Waals surface area contributed by atoms with Gasteiger partial charge in [0.15, 0.2) is 6.04 Å². The summed E-state index contributed by atoms with van der Waals surface area (Å²) in [4.78, 5) is 0. The summed E-state index contributed by atoms with van der Waals surface area (Å²) < 4.78 is 5.42. The summed E-state index contributed by atoms with van der Waals surface area (Å²) in [6, 6.07) is 15.0. The first-order chi connectivity index (χ1) is 12.0. The molecule has 2 atom stereocenters. The molecule has 1 aliphatic heterocycles. The minimum Gasteiger partial charge on any atom is -0.495 e. The normalized spacial score (nSPS) is 17.8. The summed E-state index contributed by atoms with van der Waals surface area (Å²) in [5, 5.41) is 17.2. The Kier molecular flexibility index (Phi) is 5.17. The molecule has 6 heteroatoms. The topological polar surface area (TPSA) is 48.6 Å². The fourth-order valence-electron chi connectivity index (χ4n) is 3.13. The molecule has 1 heterocycles. The Bertz CT molecular complexity index is 846. The maximum atomic E-state index is 9.89. The summed E-state index contributed by atoms with van der Waals surface area (Å²) >= 11 is 12.4. The van der Waals surface area contributed by atoms with Gasteiger partial charge in [-0.15, -0.1) is 0 Å². The maximum Gasteiger partial charge on any atom is 0.163 e. The monoisotopic (exact) mass is 373 g/mol. The highest BCUT2D eigenvalue weighted by Crippen LogP contribution is 2.43. The SMILES string of the molecule is COc1c(Cl)cc(Cl)cc1[C@H](C#N)N1N=C(C)C[C@H]1c1ccccc1. The molecule has 0 amide bonds. The van der Waals surface area contributed by atoms with E-state index in [0.29, 0.717) is 21.4 Å². The molecule has 0 radical (unpaired) electrons. The predicted molar refractivity (Wildman–Crippen MR) is 100 cm³/mol. The largest absolute Gasteiger partial charge is 0.495 e. The Morgan fingerprint density at radius 2 is 2.00 bits per heavy atom. The highest BCUT2D eigenvalue weighted by Gasteiger charge is 2.34. The van der Waals surface area contributed by atoms with E-state index in [1.165, 1.54) is 7.11 Å². The predicted octanol–water partition coefficient (Wildman–Crippen LogP) is 5.39. The molecule has 0 spiro atoms. The van der Waals surface area contributed by atoms with E-state index in [1.807, 2.05) is 42.3 Å². The van der Waals surface area contributed by atoms with Crippen LogP contribution in [0.3, 0.4) is 0 Å². The van der Waals surface area contributed by atoms with E-state index in [4.69, 9.17) is 27.9 Å². The van der Waals surface area contributed by atoms with Gasteiger partial charge in [0, 0.05) is 22.7 Å². The van der Waals surface area contributed by atoms with Gasteiger partial charge in [0.2, 0.25) is 0 Å². The molecule has 2 aromatic carbocycles. The van der Waals surface area contributed by atoms with Gasteiger partial charge in [0.05, 0.1) is 24.2 Å². The zero-order valence-corrected chi connectivity index (χ0v) is 15.4. The molecule has 0 unspecified atom stereocenters. The van der Waals surface area contributed by atoms with Crippen LogP contribution in [0, 0.1) is 11.3 Å². The van der Waals surface area contributed by atoms with Gasteiger partial charge in [0.1, 0.15) is 5.75 Å². The number of ether oxygens (including phenoxy) is 1. The third-order valence-corrected chi connectivity index (χ3v) is 4.70. The van der Waals surface area contributed by atoms with E-state index in [2.05, 4.69) is 11.2 Å². The van der Waals surface area contributed by atoms with Crippen molar-refractivity contribution in [3.8, 4) is 11.8 Å². The van der Waals surface area contributed by atoms with Crippen molar-refractivity contribution in [1.29, 1.82) is 5.26 Å². The van der Waals surface area contributed by atoms with Gasteiger partial charge in [-0.3, -0.25) is 5.01 Å². The first-order valence-electron chi connectivity index (χ1n) is 7.85. The van der Waals surface area contributed by atoms with Crippen LogP contribution in [0.4, 0.5) is 0 Å². The summed E-state index contributed by atoms with van der Waals surface area (Å²) in [7, 11) is 1.53. The number of hydrazone groups is 1. The van der Waals surface area contributed by atoms with Crippen molar-refractivity contribution in [2.45, 2.75) is 25.4 Å².